The lowest BCUT2D eigenvalue weighted by Crippen LogP contribution is -2.40. The van der Waals surface area contributed by atoms with E-state index < -0.39 is 0 Å². The van der Waals surface area contributed by atoms with E-state index in [1.165, 1.54) is 6.08 Å². The lowest BCUT2D eigenvalue weighted by molar-refractivity contribution is -0.124. The third-order valence-corrected chi connectivity index (χ3v) is 3.67. The van der Waals surface area contributed by atoms with E-state index in [4.69, 9.17) is 9.15 Å². The number of rotatable bonds is 6. The summed E-state index contributed by atoms with van der Waals surface area (Å²) in [6.07, 6.45) is 4.11. The molecule has 0 fully saturated rings. The van der Waals surface area contributed by atoms with Crippen molar-refractivity contribution in [2.45, 2.75) is 18.8 Å². The highest BCUT2D eigenvalue weighted by atomic mass is 16.5. The molecule has 0 unspecified atom stereocenters. The molecule has 0 aliphatic heterocycles. The van der Waals surface area contributed by atoms with Gasteiger partial charge in [0.25, 0.3) is 5.91 Å². The Balaban J connectivity index is 1.48. The third kappa shape index (κ3) is 4.25. The second-order valence-corrected chi connectivity index (χ2v) is 5.53. The van der Waals surface area contributed by atoms with Gasteiger partial charge in [0.1, 0.15) is 11.5 Å². The minimum Gasteiger partial charge on any atom is -0.484 e. The zero-order valence-electron chi connectivity index (χ0n) is 13.0. The van der Waals surface area contributed by atoms with Crippen LogP contribution in [0.2, 0.25) is 0 Å². The molecule has 0 bridgehead atoms. The lowest BCUT2D eigenvalue weighted by Gasteiger charge is -2.21. The van der Waals surface area contributed by atoms with Crippen molar-refractivity contribution in [1.82, 2.24) is 10.9 Å². The Morgan fingerprint density at radius 3 is 2.75 bits per heavy atom. The summed E-state index contributed by atoms with van der Waals surface area (Å²) in [6.45, 7) is -0.111. The number of allylic oxidation sites excluding steroid dienone is 2. The molecule has 1 aliphatic carbocycles. The van der Waals surface area contributed by atoms with Crippen LogP contribution in [0.1, 0.15) is 24.5 Å². The van der Waals surface area contributed by atoms with E-state index in [0.717, 1.165) is 5.76 Å². The number of para-hydroxylation sites is 1. The van der Waals surface area contributed by atoms with Gasteiger partial charge < -0.3 is 14.6 Å². The topological polar surface area (TPSA) is 80.6 Å². The molecule has 0 saturated carbocycles. The highest BCUT2D eigenvalue weighted by Crippen LogP contribution is 2.30. The zero-order valence-corrected chi connectivity index (χ0v) is 13.0. The molecule has 3 rings (SSSR count). The number of ether oxygens (including phenoxy) is 1. The Bertz CT molecular complexity index is 723. The fourth-order valence-corrected chi connectivity index (χ4v) is 2.56. The van der Waals surface area contributed by atoms with Gasteiger partial charge in [0.15, 0.2) is 12.4 Å². The molecule has 1 heterocycles. The molecule has 2 aromatic rings. The van der Waals surface area contributed by atoms with Crippen LogP contribution >= 0.6 is 0 Å². The number of carbonyl (C=O) groups excluding carboxylic acids is 2. The first-order valence-corrected chi connectivity index (χ1v) is 7.70. The molecule has 2 N–H and O–H groups in total. The van der Waals surface area contributed by atoms with Crippen molar-refractivity contribution in [3.8, 4) is 5.75 Å². The van der Waals surface area contributed by atoms with Gasteiger partial charge in [0.2, 0.25) is 0 Å². The van der Waals surface area contributed by atoms with Crippen LogP contribution in [0.25, 0.3) is 0 Å². The summed E-state index contributed by atoms with van der Waals surface area (Å²) in [6, 6.07) is 12.7. The number of ketones is 1. The summed E-state index contributed by atoms with van der Waals surface area (Å²) in [5.41, 5.74) is 6.00. The third-order valence-electron chi connectivity index (χ3n) is 3.67. The van der Waals surface area contributed by atoms with E-state index >= 15 is 0 Å². The van der Waals surface area contributed by atoms with E-state index in [1.807, 2.05) is 24.3 Å². The monoisotopic (exact) mass is 326 g/mol. The first kappa shape index (κ1) is 15.9. The van der Waals surface area contributed by atoms with Crippen LogP contribution in [-0.4, -0.2) is 18.3 Å². The first-order valence-electron chi connectivity index (χ1n) is 7.70. The van der Waals surface area contributed by atoms with Gasteiger partial charge in [-0.25, -0.2) is 0 Å². The van der Waals surface area contributed by atoms with Crippen molar-refractivity contribution in [2.24, 2.45) is 0 Å². The Kier molecular flexibility index (Phi) is 4.96. The normalized spacial score (nSPS) is 17.1. The van der Waals surface area contributed by atoms with Crippen molar-refractivity contribution in [1.29, 1.82) is 0 Å². The average molecular weight is 326 g/mol. The molecule has 124 valence electrons. The van der Waals surface area contributed by atoms with Crippen LogP contribution in [0.4, 0.5) is 0 Å². The van der Waals surface area contributed by atoms with Crippen LogP contribution in [0.15, 0.2) is 64.9 Å². The maximum Gasteiger partial charge on any atom is 0.276 e. The zero-order chi connectivity index (χ0) is 16.8. The van der Waals surface area contributed by atoms with Crippen LogP contribution in [-0.2, 0) is 9.59 Å². The van der Waals surface area contributed by atoms with E-state index in [1.54, 1.807) is 24.5 Å². The van der Waals surface area contributed by atoms with E-state index in [2.05, 4.69) is 10.9 Å². The molecule has 1 aromatic heterocycles. The number of carbonyl (C=O) groups is 2. The van der Waals surface area contributed by atoms with Gasteiger partial charge in [-0.15, -0.1) is 0 Å². The Morgan fingerprint density at radius 2 is 2.00 bits per heavy atom. The molecular weight excluding hydrogens is 308 g/mol. The molecule has 0 spiro atoms. The highest BCUT2D eigenvalue weighted by Gasteiger charge is 2.24. The fourth-order valence-electron chi connectivity index (χ4n) is 2.56. The molecule has 1 atom stereocenters. The Hall–Kier alpha value is -3.02. The van der Waals surface area contributed by atoms with Crippen LogP contribution < -0.4 is 15.6 Å². The molecule has 0 saturated heterocycles. The Labute approximate surface area is 139 Å². The standard InChI is InChI=1S/C18H18N2O4/c21-15-10-13(17-7-4-8-23-17)9-14(11-15)19-20-18(22)12-24-16-5-2-1-3-6-16/h1-8,11,13,19H,9-10,12H2,(H,20,22)/t13-/m0/s1. The molecule has 6 nitrogen and oxygen atoms in total. The first-order chi connectivity index (χ1) is 11.7. The summed E-state index contributed by atoms with van der Waals surface area (Å²) in [7, 11) is 0. The van der Waals surface area contributed by atoms with Crippen LogP contribution in [0.5, 0.6) is 5.75 Å². The number of benzene rings is 1. The minimum atomic E-state index is -0.327. The number of hydrogen-bond donors (Lipinski definition) is 2. The van der Waals surface area contributed by atoms with E-state index in [9.17, 15) is 9.59 Å². The molecule has 1 amide bonds. The number of furan rings is 1. The largest absolute Gasteiger partial charge is 0.484 e. The highest BCUT2D eigenvalue weighted by molar-refractivity contribution is 5.92. The van der Waals surface area contributed by atoms with Crippen molar-refractivity contribution >= 4 is 11.7 Å². The van der Waals surface area contributed by atoms with Crippen molar-refractivity contribution in [3.05, 3.63) is 66.3 Å². The Morgan fingerprint density at radius 1 is 1.17 bits per heavy atom. The van der Waals surface area contributed by atoms with E-state index in [0.29, 0.717) is 24.3 Å². The molecular formula is C18H18N2O4. The number of hydrazine groups is 1. The summed E-state index contributed by atoms with van der Waals surface area (Å²) >= 11 is 0. The van der Waals surface area contributed by atoms with Crippen molar-refractivity contribution < 1.29 is 18.7 Å². The SMILES string of the molecule is O=C1C=C(NNC(=O)COc2ccccc2)C[C@H](c2ccco2)C1. The summed E-state index contributed by atoms with van der Waals surface area (Å²) in [5, 5.41) is 0. The molecule has 24 heavy (non-hydrogen) atoms. The minimum absolute atomic E-state index is 0.0000606. The van der Waals surface area contributed by atoms with Gasteiger partial charge in [0.05, 0.1) is 6.26 Å². The fraction of sp³-hybridized carbons (Fsp3) is 0.222. The van der Waals surface area contributed by atoms with Gasteiger partial charge in [0, 0.05) is 24.1 Å². The maximum atomic E-state index is 11.8. The summed E-state index contributed by atoms with van der Waals surface area (Å²) < 4.78 is 10.7. The smallest absolute Gasteiger partial charge is 0.276 e. The average Bonchev–Trinajstić information content (AvgIpc) is 3.13. The van der Waals surface area contributed by atoms with Gasteiger partial charge in [-0.1, -0.05) is 18.2 Å². The number of hydrogen-bond acceptors (Lipinski definition) is 5. The van der Waals surface area contributed by atoms with Crippen LogP contribution in [0, 0.1) is 0 Å². The van der Waals surface area contributed by atoms with Crippen LogP contribution in [0.3, 0.4) is 0 Å². The second-order valence-electron chi connectivity index (χ2n) is 5.53. The van der Waals surface area contributed by atoms with Gasteiger partial charge in [-0.3, -0.25) is 15.0 Å². The van der Waals surface area contributed by atoms with E-state index in [-0.39, 0.29) is 24.2 Å². The lowest BCUT2D eigenvalue weighted by atomic mass is 9.89. The number of amides is 1. The molecule has 0 radical (unpaired) electrons. The maximum absolute atomic E-state index is 11.8. The molecule has 1 aliphatic rings. The second kappa shape index (κ2) is 7.50. The summed E-state index contributed by atoms with van der Waals surface area (Å²) in [5.74, 6) is 1.05. The van der Waals surface area contributed by atoms with Gasteiger partial charge in [-0.05, 0) is 30.7 Å². The number of nitrogens with one attached hydrogen (secondary N) is 2. The van der Waals surface area contributed by atoms with Gasteiger partial charge in [-0.2, -0.15) is 0 Å². The summed E-state index contributed by atoms with van der Waals surface area (Å²) in [4.78, 5) is 23.7. The van der Waals surface area contributed by atoms with Gasteiger partial charge >= 0.3 is 0 Å². The van der Waals surface area contributed by atoms with Crippen molar-refractivity contribution in [2.75, 3.05) is 6.61 Å². The predicted octanol–water partition coefficient (Wildman–Crippen LogP) is 2.31. The molecule has 1 aromatic carbocycles. The molecule has 6 heteroatoms. The quantitative estimate of drug-likeness (QED) is 0.796. The predicted molar refractivity (Wildman–Crippen MR) is 87.0 cm³/mol. The van der Waals surface area contributed by atoms with Crippen molar-refractivity contribution in [3.63, 3.8) is 0 Å².